The van der Waals surface area contributed by atoms with E-state index < -0.39 is 11.2 Å². The number of carbonyl (C=O) groups excluding carboxylic acids is 1. The van der Waals surface area contributed by atoms with Crippen molar-refractivity contribution in [1.82, 2.24) is 14.9 Å². The lowest BCUT2D eigenvalue weighted by Gasteiger charge is -2.33. The molecule has 118 valence electrons. The van der Waals surface area contributed by atoms with Gasteiger partial charge < -0.3 is 9.88 Å². The van der Waals surface area contributed by atoms with Crippen LogP contribution in [0.15, 0.2) is 21.9 Å². The zero-order valence-electron chi connectivity index (χ0n) is 13.4. The third-order valence-corrected chi connectivity index (χ3v) is 2.93. The van der Waals surface area contributed by atoms with Crippen molar-refractivity contribution in [2.24, 2.45) is 5.41 Å². The molecule has 0 atom stereocenters. The largest absolute Gasteiger partial charge is 0.351 e. The molecule has 0 aromatic carbocycles. The Labute approximate surface area is 124 Å². The number of nitrogens with one attached hydrogen (secondary N) is 2. The van der Waals surface area contributed by atoms with Crippen LogP contribution in [-0.2, 0) is 11.3 Å². The minimum Gasteiger partial charge on any atom is -0.351 e. The van der Waals surface area contributed by atoms with E-state index in [0.717, 1.165) is 6.42 Å². The van der Waals surface area contributed by atoms with Gasteiger partial charge in [-0.1, -0.05) is 20.8 Å². The highest BCUT2D eigenvalue weighted by Gasteiger charge is 2.26. The summed E-state index contributed by atoms with van der Waals surface area (Å²) in [6, 6.07) is 1.27. The van der Waals surface area contributed by atoms with Crippen molar-refractivity contribution in [2.75, 3.05) is 0 Å². The predicted molar refractivity (Wildman–Crippen MR) is 82.2 cm³/mol. The summed E-state index contributed by atoms with van der Waals surface area (Å²) < 4.78 is 1.32. The van der Waals surface area contributed by atoms with E-state index >= 15 is 0 Å². The van der Waals surface area contributed by atoms with E-state index in [9.17, 15) is 14.4 Å². The van der Waals surface area contributed by atoms with Crippen LogP contribution in [0.5, 0.6) is 0 Å². The van der Waals surface area contributed by atoms with Crippen molar-refractivity contribution in [3.05, 3.63) is 33.1 Å². The van der Waals surface area contributed by atoms with Gasteiger partial charge in [-0.3, -0.25) is 14.6 Å². The molecular weight excluding hydrogens is 270 g/mol. The average molecular weight is 295 g/mol. The van der Waals surface area contributed by atoms with Crippen LogP contribution in [0, 0.1) is 5.41 Å². The number of hydrogen-bond acceptors (Lipinski definition) is 3. The zero-order chi connectivity index (χ0) is 16.3. The molecule has 0 spiro atoms. The van der Waals surface area contributed by atoms with Gasteiger partial charge in [-0.05, 0) is 25.7 Å². The van der Waals surface area contributed by atoms with Crippen LogP contribution in [0.25, 0.3) is 0 Å². The number of H-pyrrole nitrogens is 1. The molecule has 0 saturated heterocycles. The van der Waals surface area contributed by atoms with Crippen LogP contribution >= 0.6 is 0 Å². The number of aryl methyl sites for hydroxylation is 1. The smallest absolute Gasteiger partial charge is 0.328 e. The second-order valence-corrected chi connectivity index (χ2v) is 7.22. The third-order valence-electron chi connectivity index (χ3n) is 2.93. The number of hydrogen-bond donors (Lipinski definition) is 2. The first-order valence-corrected chi connectivity index (χ1v) is 7.09. The molecule has 0 bridgehead atoms. The van der Waals surface area contributed by atoms with Crippen LogP contribution in [0.3, 0.4) is 0 Å². The first kappa shape index (κ1) is 17.2. The normalized spacial score (nSPS) is 12.2. The Kier molecular flexibility index (Phi) is 5.15. The van der Waals surface area contributed by atoms with Crippen LogP contribution < -0.4 is 16.6 Å². The maximum absolute atomic E-state index is 12.0. The summed E-state index contributed by atoms with van der Waals surface area (Å²) in [6.07, 6.45) is 2.44. The van der Waals surface area contributed by atoms with E-state index in [2.05, 4.69) is 31.1 Å². The van der Waals surface area contributed by atoms with Crippen LogP contribution in [0.2, 0.25) is 0 Å². The second kappa shape index (κ2) is 6.28. The second-order valence-electron chi connectivity index (χ2n) is 7.22. The van der Waals surface area contributed by atoms with Gasteiger partial charge in [0, 0.05) is 30.8 Å². The molecule has 0 radical (unpaired) electrons. The summed E-state index contributed by atoms with van der Waals surface area (Å²) in [5.74, 6) is -0.109. The number of amides is 1. The first-order chi connectivity index (χ1) is 9.48. The van der Waals surface area contributed by atoms with Crippen LogP contribution in [0.1, 0.15) is 47.5 Å². The highest BCUT2D eigenvalue weighted by Crippen LogP contribution is 2.26. The molecule has 1 amide bonds. The van der Waals surface area contributed by atoms with Crippen molar-refractivity contribution in [1.29, 1.82) is 0 Å². The van der Waals surface area contributed by atoms with Crippen molar-refractivity contribution in [3.8, 4) is 0 Å². The van der Waals surface area contributed by atoms with E-state index in [1.807, 2.05) is 13.8 Å². The standard InChI is InChI=1S/C15H25N3O3/c1-14(2,3)10-15(4,5)17-12(20)7-9-18-8-6-11(19)16-13(18)21/h6,8H,7,9-10H2,1-5H3,(H,17,20)(H,16,19,21). The SMILES string of the molecule is CC(C)(C)CC(C)(C)NC(=O)CCn1ccc(=O)[nH]c1=O. The fourth-order valence-corrected chi connectivity index (χ4v) is 2.65. The molecule has 2 N–H and O–H groups in total. The summed E-state index contributed by atoms with van der Waals surface area (Å²) >= 11 is 0. The molecule has 1 heterocycles. The molecule has 1 aromatic rings. The Morgan fingerprint density at radius 3 is 2.38 bits per heavy atom. The molecule has 0 fully saturated rings. The van der Waals surface area contributed by atoms with Gasteiger partial charge in [-0.15, -0.1) is 0 Å². The molecule has 6 heteroatoms. The van der Waals surface area contributed by atoms with Crippen molar-refractivity contribution in [2.45, 2.75) is 59.5 Å². The van der Waals surface area contributed by atoms with Gasteiger partial charge in [0.25, 0.3) is 5.56 Å². The lowest BCUT2D eigenvalue weighted by atomic mass is 9.82. The fraction of sp³-hybridized carbons (Fsp3) is 0.667. The molecule has 0 aliphatic rings. The average Bonchev–Trinajstić information content (AvgIpc) is 2.23. The molecule has 1 aromatic heterocycles. The summed E-state index contributed by atoms with van der Waals surface area (Å²) in [5.41, 5.74) is -1.12. The number of aromatic nitrogens is 2. The van der Waals surface area contributed by atoms with Crippen molar-refractivity contribution >= 4 is 5.91 Å². The van der Waals surface area contributed by atoms with E-state index in [-0.39, 0.29) is 29.8 Å². The Balaban J connectivity index is 2.58. The third kappa shape index (κ3) is 6.42. The highest BCUT2D eigenvalue weighted by atomic mass is 16.2. The maximum atomic E-state index is 12.0. The molecule has 0 aliphatic heterocycles. The maximum Gasteiger partial charge on any atom is 0.328 e. The molecule has 21 heavy (non-hydrogen) atoms. The topological polar surface area (TPSA) is 84.0 Å². The fourth-order valence-electron chi connectivity index (χ4n) is 2.65. The Hall–Kier alpha value is -1.85. The van der Waals surface area contributed by atoms with Gasteiger partial charge in [-0.25, -0.2) is 4.79 Å². The quantitative estimate of drug-likeness (QED) is 0.857. The van der Waals surface area contributed by atoms with E-state index in [1.54, 1.807) is 0 Å². The van der Waals surface area contributed by atoms with Gasteiger partial charge in [0.15, 0.2) is 0 Å². The lowest BCUT2D eigenvalue weighted by molar-refractivity contribution is -0.123. The highest BCUT2D eigenvalue weighted by molar-refractivity contribution is 5.76. The molecular formula is C15H25N3O3. The summed E-state index contributed by atoms with van der Waals surface area (Å²) in [7, 11) is 0. The van der Waals surface area contributed by atoms with E-state index in [4.69, 9.17) is 0 Å². The summed E-state index contributed by atoms with van der Waals surface area (Å²) in [6.45, 7) is 10.6. The van der Waals surface area contributed by atoms with Gasteiger partial charge >= 0.3 is 5.69 Å². The number of rotatable bonds is 5. The van der Waals surface area contributed by atoms with Gasteiger partial charge in [0.1, 0.15) is 0 Å². The Morgan fingerprint density at radius 1 is 1.24 bits per heavy atom. The lowest BCUT2D eigenvalue weighted by Crippen LogP contribution is -2.46. The van der Waals surface area contributed by atoms with E-state index in [0.29, 0.717) is 0 Å². The summed E-state index contributed by atoms with van der Waals surface area (Å²) in [4.78, 5) is 36.6. The zero-order valence-corrected chi connectivity index (χ0v) is 13.4. The first-order valence-electron chi connectivity index (χ1n) is 7.09. The van der Waals surface area contributed by atoms with Crippen molar-refractivity contribution < 1.29 is 4.79 Å². The Morgan fingerprint density at radius 2 is 1.86 bits per heavy atom. The van der Waals surface area contributed by atoms with E-state index in [1.165, 1.54) is 16.8 Å². The Bertz CT molecular complexity index is 606. The monoisotopic (exact) mass is 295 g/mol. The van der Waals surface area contributed by atoms with Crippen LogP contribution in [-0.4, -0.2) is 21.0 Å². The minimum atomic E-state index is -0.496. The molecule has 0 saturated carbocycles. The van der Waals surface area contributed by atoms with Gasteiger partial charge in [0.05, 0.1) is 0 Å². The predicted octanol–water partition coefficient (Wildman–Crippen LogP) is 1.26. The minimum absolute atomic E-state index is 0.109. The van der Waals surface area contributed by atoms with Gasteiger partial charge in [0.2, 0.25) is 5.91 Å². The molecule has 0 aliphatic carbocycles. The number of carbonyl (C=O) groups is 1. The molecule has 6 nitrogen and oxygen atoms in total. The number of aromatic amines is 1. The van der Waals surface area contributed by atoms with Gasteiger partial charge in [-0.2, -0.15) is 0 Å². The molecule has 1 rings (SSSR count). The number of nitrogens with zero attached hydrogens (tertiary/aromatic N) is 1. The van der Waals surface area contributed by atoms with Crippen LogP contribution in [0.4, 0.5) is 0 Å². The molecule has 0 unspecified atom stereocenters. The summed E-state index contributed by atoms with van der Waals surface area (Å²) in [5, 5.41) is 2.99. The van der Waals surface area contributed by atoms with Crippen molar-refractivity contribution in [3.63, 3.8) is 0 Å².